The van der Waals surface area contributed by atoms with Crippen LogP contribution in [-0.4, -0.2) is 12.2 Å². The maximum Gasteiger partial charge on any atom is 0.160 e. The molecule has 0 saturated carbocycles. The number of phenols is 1. The quantitative estimate of drug-likeness (QED) is 0.891. The smallest absolute Gasteiger partial charge is 0.160 e. The van der Waals surface area contributed by atoms with Crippen molar-refractivity contribution in [1.82, 2.24) is 0 Å². The molecule has 100 valence electrons. The lowest BCUT2D eigenvalue weighted by molar-refractivity contribution is 0.373. The first-order valence-electron chi connectivity index (χ1n) is 5.96. The summed E-state index contributed by atoms with van der Waals surface area (Å²) in [5.41, 5.74) is 3.28. The van der Waals surface area contributed by atoms with Crippen LogP contribution in [0.5, 0.6) is 11.5 Å². The highest BCUT2D eigenvalue weighted by Gasteiger charge is 2.04. The van der Waals surface area contributed by atoms with Crippen LogP contribution in [0.4, 0.5) is 5.69 Å². The van der Waals surface area contributed by atoms with E-state index in [1.165, 1.54) is 5.56 Å². The van der Waals surface area contributed by atoms with Gasteiger partial charge in [0.25, 0.3) is 0 Å². The van der Waals surface area contributed by atoms with Gasteiger partial charge >= 0.3 is 0 Å². The van der Waals surface area contributed by atoms with Crippen LogP contribution >= 0.6 is 15.9 Å². The second-order valence-electron chi connectivity index (χ2n) is 4.30. The van der Waals surface area contributed by atoms with E-state index in [1.54, 1.807) is 13.2 Å². The third-order valence-corrected chi connectivity index (χ3v) is 3.97. The second kappa shape index (κ2) is 5.97. The van der Waals surface area contributed by atoms with Crippen molar-refractivity contribution in [3.8, 4) is 11.5 Å². The molecule has 2 N–H and O–H groups in total. The summed E-state index contributed by atoms with van der Waals surface area (Å²) in [6.45, 7) is 2.72. The Bertz CT molecular complexity index is 584. The van der Waals surface area contributed by atoms with Crippen molar-refractivity contribution < 1.29 is 9.84 Å². The Kier molecular flexibility index (Phi) is 4.32. The number of aryl methyl sites for hydroxylation is 1. The average Bonchev–Trinajstić information content (AvgIpc) is 2.42. The largest absolute Gasteiger partial charge is 0.504 e. The fraction of sp³-hybridized carbons (Fsp3) is 0.200. The zero-order chi connectivity index (χ0) is 13.8. The molecule has 2 aromatic carbocycles. The molecule has 0 fully saturated rings. The summed E-state index contributed by atoms with van der Waals surface area (Å²) in [5, 5.41) is 12.9. The zero-order valence-corrected chi connectivity index (χ0v) is 12.5. The lowest BCUT2D eigenvalue weighted by Crippen LogP contribution is -2.01. The van der Waals surface area contributed by atoms with E-state index >= 15 is 0 Å². The molecule has 0 atom stereocenters. The Morgan fingerprint density at radius 1 is 1.26 bits per heavy atom. The number of hydrogen-bond donors (Lipinski definition) is 2. The predicted octanol–water partition coefficient (Wildman–Crippen LogP) is 4.08. The topological polar surface area (TPSA) is 41.5 Å². The maximum atomic E-state index is 9.55. The van der Waals surface area contributed by atoms with Gasteiger partial charge in [-0.05, 0) is 52.2 Å². The third kappa shape index (κ3) is 3.20. The lowest BCUT2D eigenvalue weighted by atomic mass is 10.2. The first kappa shape index (κ1) is 13.7. The highest BCUT2D eigenvalue weighted by atomic mass is 79.9. The molecule has 0 saturated heterocycles. The summed E-state index contributed by atoms with van der Waals surface area (Å²) in [6, 6.07) is 11.4. The number of benzene rings is 2. The SMILES string of the molecule is COc1cc(CNc2cccc(C)c2Br)ccc1O. The molecular weight excluding hydrogens is 306 g/mol. The molecule has 3 nitrogen and oxygen atoms in total. The van der Waals surface area contributed by atoms with Gasteiger partial charge in [-0.15, -0.1) is 0 Å². The number of halogens is 1. The van der Waals surface area contributed by atoms with Gasteiger partial charge in [-0.3, -0.25) is 0 Å². The number of rotatable bonds is 4. The summed E-state index contributed by atoms with van der Waals surface area (Å²) < 4.78 is 6.16. The molecular formula is C15H16BrNO2. The summed E-state index contributed by atoms with van der Waals surface area (Å²) in [5.74, 6) is 0.644. The van der Waals surface area contributed by atoms with Crippen LogP contribution in [0.1, 0.15) is 11.1 Å². The fourth-order valence-corrected chi connectivity index (χ4v) is 2.22. The van der Waals surface area contributed by atoms with E-state index in [-0.39, 0.29) is 5.75 Å². The summed E-state index contributed by atoms with van der Waals surface area (Å²) >= 11 is 3.57. The van der Waals surface area contributed by atoms with Gasteiger partial charge in [-0.2, -0.15) is 0 Å². The van der Waals surface area contributed by atoms with Gasteiger partial charge < -0.3 is 15.2 Å². The molecule has 0 bridgehead atoms. The Labute approximate surface area is 121 Å². The van der Waals surface area contributed by atoms with Crippen LogP contribution in [0.3, 0.4) is 0 Å². The summed E-state index contributed by atoms with van der Waals surface area (Å²) in [7, 11) is 1.55. The summed E-state index contributed by atoms with van der Waals surface area (Å²) in [6.07, 6.45) is 0. The van der Waals surface area contributed by atoms with E-state index in [4.69, 9.17) is 4.74 Å². The molecule has 0 amide bonds. The average molecular weight is 322 g/mol. The zero-order valence-electron chi connectivity index (χ0n) is 10.9. The Hall–Kier alpha value is -1.68. The van der Waals surface area contributed by atoms with E-state index in [0.717, 1.165) is 15.7 Å². The number of hydrogen-bond acceptors (Lipinski definition) is 3. The van der Waals surface area contributed by atoms with Crippen molar-refractivity contribution in [3.05, 3.63) is 52.0 Å². The van der Waals surface area contributed by atoms with Crippen LogP contribution in [0.2, 0.25) is 0 Å². The minimum Gasteiger partial charge on any atom is -0.504 e. The van der Waals surface area contributed by atoms with Gasteiger partial charge in [0, 0.05) is 16.7 Å². The van der Waals surface area contributed by atoms with Gasteiger partial charge in [0.05, 0.1) is 7.11 Å². The molecule has 2 aromatic rings. The van der Waals surface area contributed by atoms with Gasteiger partial charge in [-0.25, -0.2) is 0 Å². The minimum absolute atomic E-state index is 0.156. The first-order chi connectivity index (χ1) is 9.11. The molecule has 0 radical (unpaired) electrons. The van der Waals surface area contributed by atoms with E-state index in [2.05, 4.69) is 34.2 Å². The van der Waals surface area contributed by atoms with Crippen LogP contribution in [-0.2, 0) is 6.54 Å². The molecule has 0 unspecified atom stereocenters. The maximum absolute atomic E-state index is 9.55. The summed E-state index contributed by atoms with van der Waals surface area (Å²) in [4.78, 5) is 0. The molecule has 4 heteroatoms. The van der Waals surface area contributed by atoms with Crippen molar-refractivity contribution in [2.24, 2.45) is 0 Å². The Morgan fingerprint density at radius 3 is 2.79 bits per heavy atom. The van der Waals surface area contributed by atoms with Gasteiger partial charge in [0.15, 0.2) is 11.5 Å². The molecule has 0 aliphatic carbocycles. The molecule has 0 heterocycles. The lowest BCUT2D eigenvalue weighted by Gasteiger charge is -2.11. The van der Waals surface area contributed by atoms with Gasteiger partial charge in [0.2, 0.25) is 0 Å². The second-order valence-corrected chi connectivity index (χ2v) is 5.09. The number of aromatic hydroxyl groups is 1. The molecule has 0 aromatic heterocycles. The van der Waals surface area contributed by atoms with Crippen molar-refractivity contribution in [3.63, 3.8) is 0 Å². The molecule has 2 rings (SSSR count). The van der Waals surface area contributed by atoms with E-state index in [1.807, 2.05) is 24.3 Å². The van der Waals surface area contributed by atoms with Crippen molar-refractivity contribution in [2.45, 2.75) is 13.5 Å². The van der Waals surface area contributed by atoms with Gasteiger partial charge in [-0.1, -0.05) is 18.2 Å². The van der Waals surface area contributed by atoms with Crippen molar-refractivity contribution in [2.75, 3.05) is 12.4 Å². The van der Waals surface area contributed by atoms with Crippen LogP contribution in [0.15, 0.2) is 40.9 Å². The van der Waals surface area contributed by atoms with E-state index in [9.17, 15) is 5.11 Å². The predicted molar refractivity (Wildman–Crippen MR) is 80.9 cm³/mol. The monoisotopic (exact) mass is 321 g/mol. The van der Waals surface area contributed by atoms with Crippen molar-refractivity contribution >= 4 is 21.6 Å². The fourth-order valence-electron chi connectivity index (χ4n) is 1.81. The number of ether oxygens (including phenoxy) is 1. The first-order valence-corrected chi connectivity index (χ1v) is 6.76. The van der Waals surface area contributed by atoms with E-state index < -0.39 is 0 Å². The van der Waals surface area contributed by atoms with Crippen LogP contribution in [0, 0.1) is 6.92 Å². The number of nitrogens with one attached hydrogen (secondary N) is 1. The Balaban J connectivity index is 2.12. The Morgan fingerprint density at radius 2 is 2.05 bits per heavy atom. The number of methoxy groups -OCH3 is 1. The van der Waals surface area contributed by atoms with Gasteiger partial charge in [0.1, 0.15) is 0 Å². The standard InChI is InChI=1S/C15H16BrNO2/c1-10-4-3-5-12(15(10)16)17-9-11-6-7-13(18)14(8-11)19-2/h3-8,17-18H,9H2,1-2H3. The van der Waals surface area contributed by atoms with Crippen LogP contribution in [0.25, 0.3) is 0 Å². The van der Waals surface area contributed by atoms with Crippen molar-refractivity contribution in [1.29, 1.82) is 0 Å². The normalized spacial score (nSPS) is 10.3. The molecule has 0 spiro atoms. The molecule has 0 aliphatic heterocycles. The molecule has 19 heavy (non-hydrogen) atoms. The number of anilines is 1. The highest BCUT2D eigenvalue weighted by molar-refractivity contribution is 9.10. The van der Waals surface area contributed by atoms with Crippen LogP contribution < -0.4 is 10.1 Å². The molecule has 0 aliphatic rings. The number of phenolic OH excluding ortho intramolecular Hbond substituents is 1. The minimum atomic E-state index is 0.156. The third-order valence-electron chi connectivity index (χ3n) is 2.92. The van der Waals surface area contributed by atoms with E-state index in [0.29, 0.717) is 12.3 Å². The highest BCUT2D eigenvalue weighted by Crippen LogP contribution is 2.28.